The van der Waals surface area contributed by atoms with Gasteiger partial charge in [0.15, 0.2) is 0 Å². The first-order valence-corrected chi connectivity index (χ1v) is 7.98. The smallest absolute Gasteiger partial charge is 0.130 e. The summed E-state index contributed by atoms with van der Waals surface area (Å²) < 4.78 is 16.8. The number of aryl methyl sites for hydroxylation is 2. The van der Waals surface area contributed by atoms with E-state index in [-0.39, 0.29) is 0 Å². The minimum Gasteiger partial charge on any atom is -0.497 e. The number of fused-ring (bicyclic) bond motifs is 1. The zero-order valence-electron chi connectivity index (χ0n) is 14.4. The highest BCUT2D eigenvalue weighted by atomic mass is 16.5. The lowest BCUT2D eigenvalue weighted by Gasteiger charge is -2.01. The van der Waals surface area contributed by atoms with Crippen LogP contribution in [0.3, 0.4) is 0 Å². The van der Waals surface area contributed by atoms with Gasteiger partial charge >= 0.3 is 0 Å². The Morgan fingerprint density at radius 1 is 0.958 bits per heavy atom. The van der Waals surface area contributed by atoms with Gasteiger partial charge < -0.3 is 13.9 Å². The molecule has 0 N–H and O–H groups in total. The van der Waals surface area contributed by atoms with Crippen LogP contribution in [-0.4, -0.2) is 13.7 Å². The van der Waals surface area contributed by atoms with Crippen molar-refractivity contribution in [2.75, 3.05) is 13.7 Å². The summed E-state index contributed by atoms with van der Waals surface area (Å²) in [5, 5.41) is 2.82. The van der Waals surface area contributed by atoms with E-state index in [2.05, 4.69) is 0 Å². The molecule has 0 saturated carbocycles. The zero-order chi connectivity index (χ0) is 17.1. The summed E-state index contributed by atoms with van der Waals surface area (Å²) in [6, 6.07) is 13.6. The van der Waals surface area contributed by atoms with Crippen LogP contribution in [0.5, 0.6) is 11.5 Å². The second kappa shape index (κ2) is 6.79. The molecular weight excluding hydrogens is 302 g/mol. The summed E-state index contributed by atoms with van der Waals surface area (Å²) in [6.07, 6.45) is 0. The molecule has 0 atom stereocenters. The molecule has 2 aromatic carbocycles. The minimum absolute atomic E-state index is 0.605. The topological polar surface area (TPSA) is 44.0 Å². The molecule has 24 heavy (non-hydrogen) atoms. The molecule has 0 radical (unpaired) electrons. The van der Waals surface area contributed by atoms with Crippen LogP contribution in [0.1, 0.15) is 18.4 Å². The Labute approximate surface area is 141 Å². The number of benzene rings is 1. The van der Waals surface area contributed by atoms with E-state index in [0.29, 0.717) is 6.61 Å². The van der Waals surface area contributed by atoms with Gasteiger partial charge in [-0.3, -0.25) is 0 Å². The van der Waals surface area contributed by atoms with Gasteiger partial charge in [-0.2, -0.15) is 0 Å². The molecule has 0 spiro atoms. The molecule has 124 valence electrons. The fraction of sp³-hybridized carbons (Fsp3) is 0.250. The van der Waals surface area contributed by atoms with Crippen molar-refractivity contribution in [1.82, 2.24) is 0 Å². The molecule has 0 unspecified atom stereocenters. The molecule has 4 nitrogen and oxygen atoms in total. The van der Waals surface area contributed by atoms with Crippen LogP contribution in [-0.2, 0) is 0 Å². The zero-order valence-corrected chi connectivity index (χ0v) is 14.4. The van der Waals surface area contributed by atoms with Gasteiger partial charge in [-0.05, 0) is 57.2 Å². The van der Waals surface area contributed by atoms with Crippen molar-refractivity contribution in [2.45, 2.75) is 20.8 Å². The van der Waals surface area contributed by atoms with Crippen molar-refractivity contribution in [1.29, 1.82) is 0 Å². The average molecular weight is 323 g/mol. The summed E-state index contributed by atoms with van der Waals surface area (Å²) in [4.78, 5) is 4.79. The predicted molar refractivity (Wildman–Crippen MR) is 95.1 cm³/mol. The van der Waals surface area contributed by atoms with Gasteiger partial charge in [-0.1, -0.05) is 6.07 Å². The van der Waals surface area contributed by atoms with Gasteiger partial charge in [0.2, 0.25) is 0 Å². The standard InChI is InChI=1S/C20H21NO3/c1-5-23-18-8-6-7-17(19-13(2)24-14(3)20(18)19)21-15-9-11-16(22-4)12-10-15/h6-12H,5H2,1-4H3. The normalized spacial score (nSPS) is 11.8. The van der Waals surface area contributed by atoms with Crippen LogP contribution in [0, 0.1) is 13.8 Å². The number of rotatable bonds is 4. The van der Waals surface area contributed by atoms with Crippen LogP contribution in [0.4, 0.5) is 5.69 Å². The van der Waals surface area contributed by atoms with Gasteiger partial charge in [-0.15, -0.1) is 0 Å². The van der Waals surface area contributed by atoms with Crippen molar-refractivity contribution in [3.05, 3.63) is 59.3 Å². The number of furan rings is 1. The van der Waals surface area contributed by atoms with E-state index in [4.69, 9.17) is 18.9 Å². The van der Waals surface area contributed by atoms with E-state index in [0.717, 1.165) is 44.8 Å². The third-order valence-electron chi connectivity index (χ3n) is 3.89. The van der Waals surface area contributed by atoms with Gasteiger partial charge in [0.05, 0.1) is 35.5 Å². The van der Waals surface area contributed by atoms with Crippen molar-refractivity contribution in [3.8, 4) is 11.5 Å². The van der Waals surface area contributed by atoms with Crippen LogP contribution in [0.15, 0.2) is 51.9 Å². The molecule has 1 heterocycles. The van der Waals surface area contributed by atoms with Gasteiger partial charge in [0.25, 0.3) is 0 Å². The number of methoxy groups -OCH3 is 1. The lowest BCUT2D eigenvalue weighted by Crippen LogP contribution is -1.99. The highest BCUT2D eigenvalue weighted by Gasteiger charge is 2.13. The Morgan fingerprint density at radius 3 is 2.33 bits per heavy atom. The maximum absolute atomic E-state index is 5.85. The number of hydrogen-bond donors (Lipinski definition) is 0. The number of hydrogen-bond acceptors (Lipinski definition) is 4. The lowest BCUT2D eigenvalue weighted by atomic mass is 10.2. The highest BCUT2D eigenvalue weighted by molar-refractivity contribution is 5.91. The minimum atomic E-state index is 0.605. The first-order chi connectivity index (χ1) is 11.6. The SMILES string of the molecule is CCOc1cccc(=Nc2ccc(OC)cc2)c2c(C)oc(C)c12. The number of ether oxygens (including phenoxy) is 2. The Balaban J connectivity index is 2.28. The maximum atomic E-state index is 5.85. The lowest BCUT2D eigenvalue weighted by molar-refractivity contribution is 0.344. The van der Waals surface area contributed by atoms with Crippen LogP contribution < -0.4 is 14.8 Å². The Bertz CT molecular complexity index is 924. The molecule has 3 rings (SSSR count). The summed E-state index contributed by atoms with van der Waals surface area (Å²) >= 11 is 0. The van der Waals surface area contributed by atoms with Gasteiger partial charge in [-0.25, -0.2) is 4.99 Å². The third kappa shape index (κ3) is 3.00. The van der Waals surface area contributed by atoms with E-state index in [9.17, 15) is 0 Å². The van der Waals surface area contributed by atoms with Gasteiger partial charge in [0, 0.05) is 0 Å². The van der Waals surface area contributed by atoms with Crippen LogP contribution in [0.25, 0.3) is 10.8 Å². The summed E-state index contributed by atoms with van der Waals surface area (Å²) in [5.41, 5.74) is 0.861. The Hall–Kier alpha value is -2.75. The first kappa shape index (κ1) is 16.1. The van der Waals surface area contributed by atoms with Crippen molar-refractivity contribution in [3.63, 3.8) is 0 Å². The maximum Gasteiger partial charge on any atom is 0.130 e. The molecule has 0 aliphatic carbocycles. The van der Waals surface area contributed by atoms with Crippen LogP contribution >= 0.6 is 0 Å². The third-order valence-corrected chi connectivity index (χ3v) is 3.89. The Morgan fingerprint density at radius 2 is 1.67 bits per heavy atom. The second-order valence-electron chi connectivity index (χ2n) is 5.48. The summed E-state index contributed by atoms with van der Waals surface area (Å²) in [7, 11) is 1.65. The Kier molecular flexibility index (Phi) is 4.56. The van der Waals surface area contributed by atoms with E-state index in [1.165, 1.54) is 0 Å². The molecule has 0 fully saturated rings. The molecule has 0 bridgehead atoms. The monoisotopic (exact) mass is 323 g/mol. The molecule has 1 aromatic heterocycles. The molecule has 0 aliphatic rings. The summed E-state index contributed by atoms with van der Waals surface area (Å²) in [5.74, 6) is 3.31. The quantitative estimate of drug-likeness (QED) is 0.699. The van der Waals surface area contributed by atoms with Crippen molar-refractivity contribution < 1.29 is 13.9 Å². The molecular formula is C20H21NO3. The fourth-order valence-electron chi connectivity index (χ4n) is 2.85. The van der Waals surface area contributed by atoms with E-state index in [1.54, 1.807) is 7.11 Å². The molecule has 3 aromatic rings. The highest BCUT2D eigenvalue weighted by Crippen LogP contribution is 2.30. The molecule has 4 heteroatoms. The first-order valence-electron chi connectivity index (χ1n) is 7.98. The summed E-state index contributed by atoms with van der Waals surface area (Å²) in [6.45, 7) is 6.49. The largest absolute Gasteiger partial charge is 0.497 e. The van der Waals surface area contributed by atoms with E-state index >= 15 is 0 Å². The van der Waals surface area contributed by atoms with Crippen LogP contribution in [0.2, 0.25) is 0 Å². The number of nitrogens with zero attached hydrogens (tertiary/aromatic N) is 1. The fourth-order valence-corrected chi connectivity index (χ4v) is 2.85. The predicted octanol–water partition coefficient (Wildman–Crippen LogP) is 4.69. The van der Waals surface area contributed by atoms with Crippen molar-refractivity contribution >= 4 is 16.5 Å². The molecule has 0 aliphatic heterocycles. The molecule has 0 amide bonds. The average Bonchev–Trinajstić information content (AvgIpc) is 2.76. The second-order valence-corrected chi connectivity index (χ2v) is 5.48. The van der Waals surface area contributed by atoms with E-state index in [1.807, 2.05) is 63.2 Å². The van der Waals surface area contributed by atoms with Gasteiger partial charge in [0.1, 0.15) is 23.0 Å². The van der Waals surface area contributed by atoms with E-state index < -0.39 is 0 Å². The molecule has 0 saturated heterocycles. The van der Waals surface area contributed by atoms with Crippen molar-refractivity contribution in [2.24, 2.45) is 4.99 Å².